The predicted molar refractivity (Wildman–Crippen MR) is 132 cm³/mol. The van der Waals surface area contributed by atoms with Crippen LogP contribution >= 0.6 is 0 Å². The zero-order valence-corrected chi connectivity index (χ0v) is 20.1. The van der Waals surface area contributed by atoms with Crippen molar-refractivity contribution in [3.05, 3.63) is 89.2 Å². The van der Waals surface area contributed by atoms with Gasteiger partial charge in [-0.1, -0.05) is 12.1 Å². The van der Waals surface area contributed by atoms with Gasteiger partial charge in [0, 0.05) is 35.0 Å². The molecule has 0 spiro atoms. The number of hydrogen-bond acceptors (Lipinski definition) is 6. The molecule has 0 unspecified atom stereocenters. The van der Waals surface area contributed by atoms with E-state index in [-0.39, 0.29) is 22.9 Å². The first-order valence-corrected chi connectivity index (χ1v) is 13.1. The number of aromatic nitrogens is 2. The first-order chi connectivity index (χ1) is 17.1. The van der Waals surface area contributed by atoms with Crippen molar-refractivity contribution in [3.8, 4) is 0 Å². The van der Waals surface area contributed by atoms with Gasteiger partial charge in [-0.2, -0.15) is 0 Å². The maximum atomic E-state index is 14.1. The molecule has 0 atom stereocenters. The number of nitrogens with zero attached hydrogens (tertiary/aromatic N) is 3. The second kappa shape index (κ2) is 8.94. The number of benzene rings is 2. The zero-order valence-electron chi connectivity index (χ0n) is 19.3. The quantitative estimate of drug-likeness (QED) is 0.407. The minimum Gasteiger partial charge on any atom is -0.381 e. The molecule has 10 heteroatoms. The molecule has 2 N–H and O–H groups in total. The summed E-state index contributed by atoms with van der Waals surface area (Å²) in [6.45, 7) is -0.0526. The summed E-state index contributed by atoms with van der Waals surface area (Å²) in [5.41, 5.74) is 7.81. The fourth-order valence-electron chi connectivity index (χ4n) is 4.10. The molecule has 0 saturated heterocycles. The molecule has 1 saturated carbocycles. The number of nitrogens with two attached hydrogens (primary N) is 1. The van der Waals surface area contributed by atoms with Crippen LogP contribution in [0.5, 0.6) is 0 Å². The van der Waals surface area contributed by atoms with Crippen LogP contribution in [-0.4, -0.2) is 30.5 Å². The van der Waals surface area contributed by atoms with Crippen LogP contribution in [0.4, 0.5) is 20.3 Å². The molecule has 4 aromatic rings. The summed E-state index contributed by atoms with van der Waals surface area (Å²) in [6, 6.07) is 12.8. The lowest BCUT2D eigenvalue weighted by atomic mass is 10.1. The first-order valence-electron chi connectivity index (χ1n) is 11.2. The molecular formula is C26H22F2N4O3S. The average Bonchev–Trinajstić information content (AvgIpc) is 3.68. The minimum absolute atomic E-state index is 0.0420. The Hall–Kier alpha value is -3.92. The number of anilines is 2. The summed E-state index contributed by atoms with van der Waals surface area (Å²) < 4.78 is 53.0. The molecule has 1 amide bonds. The Bertz CT molecular complexity index is 1620. The lowest BCUT2D eigenvalue weighted by Crippen LogP contribution is -2.32. The van der Waals surface area contributed by atoms with Crippen LogP contribution in [0.2, 0.25) is 0 Å². The van der Waals surface area contributed by atoms with E-state index >= 15 is 0 Å². The highest BCUT2D eigenvalue weighted by molar-refractivity contribution is 7.90. The van der Waals surface area contributed by atoms with Crippen molar-refractivity contribution in [1.29, 1.82) is 0 Å². The number of carbonyl (C=O) groups excluding carboxylic acids is 1. The van der Waals surface area contributed by atoms with E-state index in [1.165, 1.54) is 17.0 Å². The molecule has 0 radical (unpaired) electrons. The van der Waals surface area contributed by atoms with E-state index in [2.05, 4.69) is 9.97 Å². The van der Waals surface area contributed by atoms with Gasteiger partial charge in [-0.3, -0.25) is 9.78 Å². The molecule has 1 aliphatic carbocycles. The monoisotopic (exact) mass is 508 g/mol. The lowest BCUT2D eigenvalue weighted by molar-refractivity contribution is 0.0984. The molecule has 0 aliphatic heterocycles. The highest BCUT2D eigenvalue weighted by Crippen LogP contribution is 2.39. The van der Waals surface area contributed by atoms with Crippen molar-refractivity contribution in [1.82, 2.24) is 9.97 Å². The standard InChI is InChI=1S/C26H22F2N4O3S/c1-36(34,35)24-13-19(27)6-7-23(24)32(26(33)18-8-9-30-21(12-18)16-4-5-16)14-15-2-3-17-11-20(28)25(29)31-22(17)10-15/h2-3,6-13,16H,4-5,14H2,1H3,(H2,29,31). The second-order valence-corrected chi connectivity index (χ2v) is 10.9. The highest BCUT2D eigenvalue weighted by Gasteiger charge is 2.28. The first kappa shape index (κ1) is 23.8. The van der Waals surface area contributed by atoms with Gasteiger partial charge in [-0.15, -0.1) is 0 Å². The Kier molecular flexibility index (Phi) is 5.91. The third kappa shape index (κ3) is 4.76. The number of fused-ring (bicyclic) bond motifs is 1. The van der Waals surface area contributed by atoms with Crippen molar-refractivity contribution in [2.24, 2.45) is 0 Å². The van der Waals surface area contributed by atoms with Crippen LogP contribution in [0.25, 0.3) is 10.9 Å². The molecule has 2 heterocycles. The van der Waals surface area contributed by atoms with Crippen LogP contribution in [-0.2, 0) is 16.4 Å². The minimum atomic E-state index is -3.88. The Morgan fingerprint density at radius 3 is 2.58 bits per heavy atom. The lowest BCUT2D eigenvalue weighted by Gasteiger charge is -2.25. The Labute approximate surface area is 206 Å². The van der Waals surface area contributed by atoms with Crippen molar-refractivity contribution in [3.63, 3.8) is 0 Å². The molecule has 2 aromatic carbocycles. The largest absolute Gasteiger partial charge is 0.381 e. The number of sulfone groups is 1. The molecule has 1 fully saturated rings. The molecule has 2 aromatic heterocycles. The van der Waals surface area contributed by atoms with Gasteiger partial charge in [0.15, 0.2) is 21.5 Å². The summed E-state index contributed by atoms with van der Waals surface area (Å²) in [7, 11) is -3.88. The second-order valence-electron chi connectivity index (χ2n) is 8.90. The van der Waals surface area contributed by atoms with Crippen LogP contribution in [0.1, 0.15) is 40.4 Å². The van der Waals surface area contributed by atoms with E-state index in [0.29, 0.717) is 27.9 Å². The number of halogens is 2. The van der Waals surface area contributed by atoms with Gasteiger partial charge in [-0.05, 0) is 60.9 Å². The van der Waals surface area contributed by atoms with Crippen LogP contribution in [0, 0.1) is 11.6 Å². The molecule has 0 bridgehead atoms. The summed E-state index contributed by atoms with van der Waals surface area (Å²) in [5.74, 6) is -1.79. The number of rotatable bonds is 6. The fraction of sp³-hybridized carbons (Fsp3) is 0.192. The topological polar surface area (TPSA) is 106 Å². The summed E-state index contributed by atoms with van der Waals surface area (Å²) in [6.07, 6.45) is 4.51. The van der Waals surface area contributed by atoms with Gasteiger partial charge >= 0.3 is 0 Å². The van der Waals surface area contributed by atoms with E-state index in [1.807, 2.05) is 0 Å². The van der Waals surface area contributed by atoms with E-state index in [1.54, 1.807) is 36.5 Å². The van der Waals surface area contributed by atoms with Crippen molar-refractivity contribution < 1.29 is 22.0 Å². The molecule has 1 aliphatic rings. The normalized spacial score (nSPS) is 13.6. The number of nitrogen functional groups attached to an aromatic ring is 1. The van der Waals surface area contributed by atoms with Gasteiger partial charge in [0.05, 0.1) is 22.6 Å². The number of hydrogen-bond donors (Lipinski definition) is 1. The molecule has 5 rings (SSSR count). The van der Waals surface area contributed by atoms with E-state index < -0.39 is 27.4 Å². The van der Waals surface area contributed by atoms with E-state index in [4.69, 9.17) is 5.73 Å². The van der Waals surface area contributed by atoms with Crippen LogP contribution in [0.3, 0.4) is 0 Å². The van der Waals surface area contributed by atoms with Gasteiger partial charge < -0.3 is 10.6 Å². The number of carbonyl (C=O) groups is 1. The summed E-state index contributed by atoms with van der Waals surface area (Å²) >= 11 is 0. The fourth-order valence-corrected chi connectivity index (χ4v) is 4.98. The van der Waals surface area contributed by atoms with Crippen LogP contribution < -0.4 is 10.6 Å². The van der Waals surface area contributed by atoms with E-state index in [0.717, 1.165) is 36.9 Å². The molecular weight excluding hydrogens is 486 g/mol. The maximum Gasteiger partial charge on any atom is 0.258 e. The maximum absolute atomic E-state index is 14.1. The smallest absolute Gasteiger partial charge is 0.258 e. The van der Waals surface area contributed by atoms with Crippen molar-refractivity contribution >= 4 is 38.2 Å². The molecule has 7 nitrogen and oxygen atoms in total. The van der Waals surface area contributed by atoms with Gasteiger partial charge in [0.1, 0.15) is 5.82 Å². The predicted octanol–water partition coefficient (Wildman–Crippen LogP) is 4.62. The van der Waals surface area contributed by atoms with Gasteiger partial charge in [-0.25, -0.2) is 22.2 Å². The third-order valence-corrected chi connectivity index (χ3v) is 7.21. The molecule has 36 heavy (non-hydrogen) atoms. The SMILES string of the molecule is CS(=O)(=O)c1cc(F)ccc1N(Cc1ccc2cc(F)c(N)nc2c1)C(=O)c1ccnc(C2CC2)c1. The van der Waals surface area contributed by atoms with Crippen molar-refractivity contribution in [2.45, 2.75) is 30.2 Å². The number of amides is 1. The Balaban J connectivity index is 1.62. The summed E-state index contributed by atoms with van der Waals surface area (Å²) in [4.78, 5) is 23.2. The number of pyridine rings is 2. The Morgan fingerprint density at radius 1 is 1.08 bits per heavy atom. The average molecular weight is 509 g/mol. The van der Waals surface area contributed by atoms with Gasteiger partial charge in [0.25, 0.3) is 5.91 Å². The van der Waals surface area contributed by atoms with Crippen LogP contribution in [0.15, 0.2) is 65.7 Å². The third-order valence-electron chi connectivity index (χ3n) is 6.08. The summed E-state index contributed by atoms with van der Waals surface area (Å²) in [5, 5.41) is 0.519. The Morgan fingerprint density at radius 2 is 1.86 bits per heavy atom. The molecule has 184 valence electrons. The van der Waals surface area contributed by atoms with Crippen molar-refractivity contribution in [2.75, 3.05) is 16.9 Å². The highest BCUT2D eigenvalue weighted by atomic mass is 32.2. The van der Waals surface area contributed by atoms with E-state index in [9.17, 15) is 22.0 Å². The zero-order chi connectivity index (χ0) is 25.6. The van der Waals surface area contributed by atoms with Gasteiger partial charge in [0.2, 0.25) is 0 Å².